The third-order valence-electron chi connectivity index (χ3n) is 5.74. The van der Waals surface area contributed by atoms with Crippen LogP contribution in [0, 0.1) is 13.8 Å². The molecule has 0 atom stereocenters. The van der Waals surface area contributed by atoms with Crippen LogP contribution in [0.1, 0.15) is 47.3 Å². The third-order valence-corrected chi connectivity index (χ3v) is 5.74. The fourth-order valence-electron chi connectivity index (χ4n) is 4.13. The Hall–Kier alpha value is -3.98. The van der Waals surface area contributed by atoms with E-state index in [2.05, 4.69) is 15.7 Å². The summed E-state index contributed by atoms with van der Waals surface area (Å²) < 4.78 is 7.53. The maximum absolute atomic E-state index is 13.4. The van der Waals surface area contributed by atoms with Crippen LogP contribution in [-0.2, 0) is 11.3 Å². The van der Waals surface area contributed by atoms with Gasteiger partial charge in [0, 0.05) is 23.8 Å². The van der Waals surface area contributed by atoms with E-state index in [-0.39, 0.29) is 17.9 Å². The van der Waals surface area contributed by atoms with Crippen molar-refractivity contribution >= 4 is 28.5 Å². The number of hydrogen-bond acceptors (Lipinski definition) is 6. The molecule has 0 aliphatic rings. The molecule has 188 valence electrons. The van der Waals surface area contributed by atoms with Gasteiger partial charge in [0.15, 0.2) is 5.65 Å². The predicted molar refractivity (Wildman–Crippen MR) is 140 cm³/mol. The molecule has 3 heterocycles. The van der Waals surface area contributed by atoms with Gasteiger partial charge >= 0.3 is 0 Å². The number of anilines is 1. The van der Waals surface area contributed by atoms with Crippen molar-refractivity contribution in [1.82, 2.24) is 25.0 Å². The summed E-state index contributed by atoms with van der Waals surface area (Å²) in [7, 11) is 3.68. The molecule has 0 fully saturated rings. The Balaban J connectivity index is 1.61. The molecule has 9 nitrogen and oxygen atoms in total. The number of rotatable bonds is 8. The molecule has 0 unspecified atom stereocenters. The van der Waals surface area contributed by atoms with E-state index < -0.39 is 0 Å². The topological polar surface area (TPSA) is 105 Å². The van der Waals surface area contributed by atoms with Crippen molar-refractivity contribution in [1.29, 1.82) is 0 Å². The zero-order valence-electron chi connectivity index (χ0n) is 21.5. The molecule has 2 amide bonds. The van der Waals surface area contributed by atoms with Crippen molar-refractivity contribution in [3.8, 4) is 11.3 Å². The van der Waals surface area contributed by atoms with Crippen molar-refractivity contribution in [2.75, 3.05) is 26.0 Å². The van der Waals surface area contributed by atoms with E-state index in [4.69, 9.17) is 9.40 Å². The minimum Gasteiger partial charge on any atom is -0.466 e. The van der Waals surface area contributed by atoms with Gasteiger partial charge in [-0.15, -0.1) is 0 Å². The largest absolute Gasteiger partial charge is 0.466 e. The average Bonchev–Trinajstić information content (AvgIpc) is 3.38. The predicted octanol–water partition coefficient (Wildman–Crippen LogP) is 4.32. The van der Waals surface area contributed by atoms with E-state index in [1.807, 2.05) is 76.8 Å². The van der Waals surface area contributed by atoms with Crippen molar-refractivity contribution < 1.29 is 14.0 Å². The van der Waals surface area contributed by atoms with E-state index in [0.29, 0.717) is 41.1 Å². The van der Waals surface area contributed by atoms with Gasteiger partial charge in [-0.05, 0) is 71.6 Å². The number of aryl methyl sites for hydroxylation is 2. The van der Waals surface area contributed by atoms with Crippen LogP contribution in [0.25, 0.3) is 22.3 Å². The van der Waals surface area contributed by atoms with Crippen LogP contribution in [-0.4, -0.2) is 52.1 Å². The Morgan fingerprint density at radius 1 is 1.14 bits per heavy atom. The average molecular weight is 489 g/mol. The number of benzene rings is 1. The Morgan fingerprint density at radius 2 is 1.92 bits per heavy atom. The molecule has 0 spiro atoms. The number of fused-ring (bicyclic) bond motifs is 1. The Morgan fingerprint density at radius 3 is 2.58 bits per heavy atom. The van der Waals surface area contributed by atoms with Crippen LogP contribution >= 0.6 is 0 Å². The number of amides is 2. The molecule has 9 heteroatoms. The molecule has 3 aromatic heterocycles. The highest BCUT2D eigenvalue weighted by Crippen LogP contribution is 2.30. The van der Waals surface area contributed by atoms with Crippen LogP contribution in [0.5, 0.6) is 0 Å². The molecule has 1 aromatic carbocycles. The zero-order chi connectivity index (χ0) is 26.0. The minimum atomic E-state index is -0.230. The Labute approximate surface area is 210 Å². The van der Waals surface area contributed by atoms with E-state index in [1.54, 1.807) is 17.2 Å². The van der Waals surface area contributed by atoms with Crippen molar-refractivity contribution in [2.45, 2.75) is 40.3 Å². The number of likely N-dealkylation sites (N-methyl/N-ethyl adjacent to an activating group) is 1. The summed E-state index contributed by atoms with van der Waals surface area (Å²) in [6.45, 7) is 8.42. The van der Waals surface area contributed by atoms with Gasteiger partial charge in [0.1, 0.15) is 11.5 Å². The highest BCUT2D eigenvalue weighted by atomic mass is 16.3. The molecule has 0 bridgehead atoms. The van der Waals surface area contributed by atoms with Gasteiger partial charge in [0.05, 0.1) is 29.4 Å². The fraction of sp³-hybridized carbons (Fsp3) is 0.333. The molecule has 0 aliphatic heterocycles. The number of nitrogens with zero attached hydrogens (tertiary/aromatic N) is 4. The van der Waals surface area contributed by atoms with Crippen molar-refractivity contribution in [2.24, 2.45) is 0 Å². The number of carbonyl (C=O) groups is 2. The summed E-state index contributed by atoms with van der Waals surface area (Å²) in [5.41, 5.74) is 4.21. The number of aromatic nitrogens is 3. The molecular formula is C27H32N6O3. The summed E-state index contributed by atoms with van der Waals surface area (Å²) in [6.07, 6.45) is 1.69. The Kier molecular flexibility index (Phi) is 7.21. The lowest BCUT2D eigenvalue weighted by Gasteiger charge is -2.12. The standard InChI is InChI=1S/C27H32N6O3/c1-16(2)33-26-23(14-29-33)22(12-24(31-26)21-10-17(3)36-18(21)4)27(35)28-13-19-8-7-9-20(11-19)30-25(34)15-32(5)6/h7-12,14,16H,13,15H2,1-6H3,(H,28,35)(H,30,34). The first-order valence-electron chi connectivity index (χ1n) is 11.9. The number of nitrogens with one attached hydrogen (secondary N) is 2. The number of hydrogen-bond donors (Lipinski definition) is 2. The third kappa shape index (κ3) is 5.46. The lowest BCUT2D eigenvalue weighted by atomic mass is 10.1. The van der Waals surface area contributed by atoms with Crippen LogP contribution in [0.4, 0.5) is 5.69 Å². The van der Waals surface area contributed by atoms with Crippen molar-refractivity contribution in [3.05, 3.63) is 65.2 Å². The molecule has 4 aromatic rings. The summed E-state index contributed by atoms with van der Waals surface area (Å²) in [5.74, 6) is 1.20. The van der Waals surface area contributed by atoms with Gasteiger partial charge in [-0.25, -0.2) is 9.67 Å². The SMILES string of the molecule is Cc1cc(-c2cc(C(=O)NCc3cccc(NC(=O)CN(C)C)c3)c3cnn(C(C)C)c3n2)c(C)o1. The lowest BCUT2D eigenvalue weighted by molar-refractivity contribution is -0.116. The first kappa shape index (κ1) is 25.1. The molecule has 0 saturated heterocycles. The minimum absolute atomic E-state index is 0.0822. The van der Waals surface area contributed by atoms with Crippen LogP contribution < -0.4 is 10.6 Å². The second-order valence-electron chi connectivity index (χ2n) is 9.47. The van der Waals surface area contributed by atoms with Gasteiger partial charge in [-0.2, -0.15) is 5.10 Å². The first-order valence-corrected chi connectivity index (χ1v) is 11.9. The maximum Gasteiger partial charge on any atom is 0.252 e. The van der Waals surface area contributed by atoms with E-state index in [9.17, 15) is 9.59 Å². The van der Waals surface area contributed by atoms with Crippen LogP contribution in [0.3, 0.4) is 0 Å². The molecule has 2 N–H and O–H groups in total. The molecule has 36 heavy (non-hydrogen) atoms. The van der Waals surface area contributed by atoms with Crippen LogP contribution in [0.2, 0.25) is 0 Å². The zero-order valence-corrected chi connectivity index (χ0v) is 21.5. The number of furan rings is 1. The number of carbonyl (C=O) groups excluding carboxylic acids is 2. The summed E-state index contributed by atoms with van der Waals surface area (Å²) in [5, 5.41) is 11.1. The summed E-state index contributed by atoms with van der Waals surface area (Å²) in [4.78, 5) is 32.1. The van der Waals surface area contributed by atoms with Gasteiger partial charge in [-0.1, -0.05) is 12.1 Å². The lowest BCUT2D eigenvalue weighted by Crippen LogP contribution is -2.27. The second-order valence-corrected chi connectivity index (χ2v) is 9.47. The van der Waals surface area contributed by atoms with E-state index >= 15 is 0 Å². The smallest absolute Gasteiger partial charge is 0.252 e. The van der Waals surface area contributed by atoms with Gasteiger partial charge in [-0.3, -0.25) is 9.59 Å². The highest BCUT2D eigenvalue weighted by Gasteiger charge is 2.20. The molecule has 0 saturated carbocycles. The number of pyridine rings is 1. The molecular weight excluding hydrogens is 456 g/mol. The van der Waals surface area contributed by atoms with Crippen molar-refractivity contribution in [3.63, 3.8) is 0 Å². The normalized spacial score (nSPS) is 11.4. The van der Waals surface area contributed by atoms with Gasteiger partial charge < -0.3 is 20.0 Å². The van der Waals surface area contributed by atoms with Gasteiger partial charge in [0.25, 0.3) is 5.91 Å². The molecule has 4 rings (SSSR count). The first-order chi connectivity index (χ1) is 17.1. The summed E-state index contributed by atoms with van der Waals surface area (Å²) >= 11 is 0. The van der Waals surface area contributed by atoms with Crippen LogP contribution in [0.15, 0.2) is 47.0 Å². The monoisotopic (exact) mass is 488 g/mol. The quantitative estimate of drug-likeness (QED) is 0.383. The maximum atomic E-state index is 13.4. The highest BCUT2D eigenvalue weighted by molar-refractivity contribution is 6.06. The fourth-order valence-corrected chi connectivity index (χ4v) is 4.13. The van der Waals surface area contributed by atoms with E-state index in [0.717, 1.165) is 22.6 Å². The van der Waals surface area contributed by atoms with Gasteiger partial charge in [0.2, 0.25) is 5.91 Å². The molecule has 0 aliphatic carbocycles. The van der Waals surface area contributed by atoms with E-state index in [1.165, 1.54) is 0 Å². The molecule has 0 radical (unpaired) electrons. The Bertz CT molecular complexity index is 1420. The second kappa shape index (κ2) is 10.3. The summed E-state index contributed by atoms with van der Waals surface area (Å²) in [6, 6.07) is 11.2.